The molecule has 0 atom stereocenters. The van der Waals surface area contributed by atoms with E-state index in [2.05, 4.69) is 10.3 Å². The third kappa shape index (κ3) is 2.23. The molecule has 1 aromatic heterocycles. The number of nitrogen functional groups attached to an aromatic ring is 1. The van der Waals surface area contributed by atoms with Crippen LogP contribution in [-0.2, 0) is 0 Å². The standard InChI is InChI=1S/C16H15N3O/c1-10-4-2-6-12(8-10)18-16(20)14-9-11-5-3-7-13(17)15(11)19-14/h2-9,19H,17H2,1H3,(H,18,20). The molecule has 0 saturated carbocycles. The molecule has 3 aromatic rings. The smallest absolute Gasteiger partial charge is 0.272 e. The van der Waals surface area contributed by atoms with Crippen molar-refractivity contribution in [2.24, 2.45) is 0 Å². The number of aromatic amines is 1. The number of hydrogen-bond acceptors (Lipinski definition) is 2. The molecule has 4 nitrogen and oxygen atoms in total. The number of rotatable bonds is 2. The van der Waals surface area contributed by atoms with Gasteiger partial charge in [0.2, 0.25) is 0 Å². The number of para-hydroxylation sites is 1. The maximum atomic E-state index is 12.2. The second-order valence-corrected chi connectivity index (χ2v) is 4.82. The van der Waals surface area contributed by atoms with Gasteiger partial charge >= 0.3 is 0 Å². The summed E-state index contributed by atoms with van der Waals surface area (Å²) in [5.74, 6) is -0.175. The van der Waals surface area contributed by atoms with Gasteiger partial charge < -0.3 is 16.0 Å². The van der Waals surface area contributed by atoms with Gasteiger partial charge in [-0.15, -0.1) is 0 Å². The maximum absolute atomic E-state index is 12.2. The van der Waals surface area contributed by atoms with E-state index in [1.165, 1.54) is 0 Å². The molecule has 4 N–H and O–H groups in total. The predicted octanol–water partition coefficient (Wildman–Crippen LogP) is 3.31. The van der Waals surface area contributed by atoms with E-state index in [4.69, 9.17) is 5.73 Å². The van der Waals surface area contributed by atoms with Crippen LogP contribution in [0.25, 0.3) is 10.9 Å². The number of benzene rings is 2. The van der Waals surface area contributed by atoms with Crippen molar-refractivity contribution in [1.29, 1.82) is 0 Å². The third-order valence-electron chi connectivity index (χ3n) is 3.21. The van der Waals surface area contributed by atoms with Gasteiger partial charge in [0, 0.05) is 11.1 Å². The highest BCUT2D eigenvalue weighted by Crippen LogP contribution is 2.21. The molecule has 0 fully saturated rings. The van der Waals surface area contributed by atoms with Gasteiger partial charge in [0.15, 0.2) is 0 Å². The lowest BCUT2D eigenvalue weighted by atomic mass is 10.2. The van der Waals surface area contributed by atoms with Crippen LogP contribution in [0.2, 0.25) is 0 Å². The van der Waals surface area contributed by atoms with Crippen molar-refractivity contribution in [1.82, 2.24) is 4.98 Å². The molecule has 0 unspecified atom stereocenters. The van der Waals surface area contributed by atoms with Gasteiger partial charge in [-0.1, -0.05) is 24.3 Å². The van der Waals surface area contributed by atoms with Gasteiger partial charge in [-0.3, -0.25) is 4.79 Å². The van der Waals surface area contributed by atoms with Crippen LogP contribution in [0, 0.1) is 6.92 Å². The largest absolute Gasteiger partial charge is 0.397 e. The molecule has 1 amide bonds. The average molecular weight is 265 g/mol. The summed E-state index contributed by atoms with van der Waals surface area (Å²) in [6, 6.07) is 15.1. The number of anilines is 2. The van der Waals surface area contributed by atoms with Crippen LogP contribution in [0.5, 0.6) is 0 Å². The second-order valence-electron chi connectivity index (χ2n) is 4.82. The summed E-state index contributed by atoms with van der Waals surface area (Å²) < 4.78 is 0. The van der Waals surface area contributed by atoms with Gasteiger partial charge in [-0.25, -0.2) is 0 Å². The Morgan fingerprint density at radius 2 is 1.95 bits per heavy atom. The summed E-state index contributed by atoms with van der Waals surface area (Å²) in [6.45, 7) is 1.99. The van der Waals surface area contributed by atoms with E-state index in [0.717, 1.165) is 22.2 Å². The number of aromatic nitrogens is 1. The van der Waals surface area contributed by atoms with Crippen LogP contribution < -0.4 is 11.1 Å². The summed E-state index contributed by atoms with van der Waals surface area (Å²) >= 11 is 0. The zero-order chi connectivity index (χ0) is 14.1. The SMILES string of the molecule is Cc1cccc(NC(=O)c2cc3cccc(N)c3[nH]2)c1. The van der Waals surface area contributed by atoms with Crippen molar-refractivity contribution in [2.45, 2.75) is 6.92 Å². The summed E-state index contributed by atoms with van der Waals surface area (Å²) in [7, 11) is 0. The zero-order valence-electron chi connectivity index (χ0n) is 11.1. The number of H-pyrrole nitrogens is 1. The van der Waals surface area contributed by atoms with E-state index < -0.39 is 0 Å². The Morgan fingerprint density at radius 1 is 1.15 bits per heavy atom. The quantitative estimate of drug-likeness (QED) is 0.622. The molecule has 0 bridgehead atoms. The normalized spacial score (nSPS) is 10.7. The fraction of sp³-hybridized carbons (Fsp3) is 0.0625. The average Bonchev–Trinajstić information content (AvgIpc) is 2.84. The monoisotopic (exact) mass is 265 g/mol. The van der Waals surface area contributed by atoms with Gasteiger partial charge in [0.05, 0.1) is 11.2 Å². The lowest BCUT2D eigenvalue weighted by Gasteiger charge is -2.04. The molecule has 100 valence electrons. The number of carbonyl (C=O) groups excluding carboxylic acids is 1. The van der Waals surface area contributed by atoms with Crippen molar-refractivity contribution in [3.8, 4) is 0 Å². The summed E-state index contributed by atoms with van der Waals surface area (Å²) in [4.78, 5) is 15.3. The Bertz CT molecular complexity index is 789. The van der Waals surface area contributed by atoms with Crippen molar-refractivity contribution < 1.29 is 4.79 Å². The lowest BCUT2D eigenvalue weighted by molar-refractivity contribution is 0.102. The molecule has 0 radical (unpaired) electrons. The predicted molar refractivity (Wildman–Crippen MR) is 81.8 cm³/mol. The minimum Gasteiger partial charge on any atom is -0.397 e. The van der Waals surface area contributed by atoms with Crippen LogP contribution in [0.1, 0.15) is 16.1 Å². The minimum absolute atomic E-state index is 0.175. The fourth-order valence-corrected chi connectivity index (χ4v) is 2.22. The molecule has 4 heteroatoms. The van der Waals surface area contributed by atoms with E-state index in [9.17, 15) is 4.79 Å². The molecular formula is C16H15N3O. The number of fused-ring (bicyclic) bond motifs is 1. The number of amides is 1. The minimum atomic E-state index is -0.175. The molecule has 0 aliphatic rings. The van der Waals surface area contributed by atoms with E-state index in [1.807, 2.05) is 43.3 Å². The van der Waals surface area contributed by atoms with Crippen LogP contribution in [-0.4, -0.2) is 10.9 Å². The maximum Gasteiger partial charge on any atom is 0.272 e. The number of nitrogens with one attached hydrogen (secondary N) is 2. The highest BCUT2D eigenvalue weighted by atomic mass is 16.1. The third-order valence-corrected chi connectivity index (χ3v) is 3.21. The topological polar surface area (TPSA) is 70.9 Å². The Hall–Kier alpha value is -2.75. The highest BCUT2D eigenvalue weighted by Gasteiger charge is 2.10. The van der Waals surface area contributed by atoms with Crippen molar-refractivity contribution >= 4 is 28.2 Å². The van der Waals surface area contributed by atoms with Crippen LogP contribution >= 0.6 is 0 Å². The van der Waals surface area contributed by atoms with Gasteiger partial charge in [0.25, 0.3) is 5.91 Å². The number of nitrogens with two attached hydrogens (primary N) is 1. The van der Waals surface area contributed by atoms with Gasteiger partial charge in [-0.05, 0) is 36.8 Å². The highest BCUT2D eigenvalue weighted by molar-refractivity contribution is 6.07. The summed E-state index contributed by atoms with van der Waals surface area (Å²) in [6.07, 6.45) is 0. The second kappa shape index (κ2) is 4.74. The molecule has 2 aromatic carbocycles. The molecular weight excluding hydrogens is 250 g/mol. The first-order valence-electron chi connectivity index (χ1n) is 6.39. The molecule has 0 aliphatic heterocycles. The van der Waals surface area contributed by atoms with Crippen LogP contribution in [0.15, 0.2) is 48.5 Å². The Kier molecular flexibility index (Phi) is 2.91. The van der Waals surface area contributed by atoms with Crippen molar-refractivity contribution in [2.75, 3.05) is 11.1 Å². The Morgan fingerprint density at radius 3 is 2.70 bits per heavy atom. The van der Waals surface area contributed by atoms with E-state index >= 15 is 0 Å². The first kappa shape index (κ1) is 12.3. The molecule has 1 heterocycles. The Labute approximate surface area is 116 Å². The number of aryl methyl sites for hydroxylation is 1. The first-order valence-corrected chi connectivity index (χ1v) is 6.39. The van der Waals surface area contributed by atoms with Gasteiger partial charge in [-0.2, -0.15) is 0 Å². The molecule has 20 heavy (non-hydrogen) atoms. The van der Waals surface area contributed by atoms with Crippen LogP contribution in [0.3, 0.4) is 0 Å². The zero-order valence-corrected chi connectivity index (χ0v) is 11.1. The lowest BCUT2D eigenvalue weighted by Crippen LogP contribution is -2.12. The van der Waals surface area contributed by atoms with E-state index in [0.29, 0.717) is 11.4 Å². The summed E-state index contributed by atoms with van der Waals surface area (Å²) in [5.41, 5.74) is 9.69. The van der Waals surface area contributed by atoms with E-state index in [1.54, 1.807) is 12.1 Å². The Balaban J connectivity index is 1.91. The fourth-order valence-electron chi connectivity index (χ4n) is 2.22. The number of carbonyl (C=O) groups is 1. The molecule has 0 spiro atoms. The van der Waals surface area contributed by atoms with Crippen molar-refractivity contribution in [3.63, 3.8) is 0 Å². The first-order chi connectivity index (χ1) is 9.63. The molecule has 0 aliphatic carbocycles. The van der Waals surface area contributed by atoms with Crippen molar-refractivity contribution in [3.05, 3.63) is 59.8 Å². The van der Waals surface area contributed by atoms with Crippen LogP contribution in [0.4, 0.5) is 11.4 Å². The molecule has 3 rings (SSSR count). The number of hydrogen-bond donors (Lipinski definition) is 3. The molecule has 0 saturated heterocycles. The van der Waals surface area contributed by atoms with Gasteiger partial charge in [0.1, 0.15) is 5.69 Å². The summed E-state index contributed by atoms with van der Waals surface area (Å²) in [5, 5.41) is 3.80. The van der Waals surface area contributed by atoms with E-state index in [-0.39, 0.29) is 5.91 Å².